The topological polar surface area (TPSA) is 135 Å². The Bertz CT molecular complexity index is 1060. The van der Waals surface area contributed by atoms with Gasteiger partial charge in [0.05, 0.1) is 5.69 Å². The lowest BCUT2D eigenvalue weighted by Gasteiger charge is -2.43. The van der Waals surface area contributed by atoms with Gasteiger partial charge in [0.1, 0.15) is 16.8 Å². The first kappa shape index (κ1) is 25.8. The number of rotatable bonds is 7. The number of hydrogen-bond donors (Lipinski definition) is 4. The lowest BCUT2D eigenvalue weighted by Crippen LogP contribution is -2.57. The van der Waals surface area contributed by atoms with Gasteiger partial charge in [0.25, 0.3) is 0 Å². The molecule has 2 atom stereocenters. The standard InChI is InChI=1S/C22H34FN7O3S/c1-26-20(24)19(23)21(25)29-12-6-8-15(14-29)30-13-7-10-17(22(30)31)27-16-9-4-5-11-18(16)34(32,33)28(2)3/h4-5,9,11,15,17,25-27H,6-8,10,12-14,24H2,1-3H3/b20-19+,25-21?/t15-,17?/m1/s1. The first-order chi connectivity index (χ1) is 16.1. The average Bonchev–Trinajstić information content (AvgIpc) is 2.84. The van der Waals surface area contributed by atoms with E-state index in [0.717, 1.165) is 17.1 Å². The zero-order chi connectivity index (χ0) is 25.0. The highest BCUT2D eigenvalue weighted by Gasteiger charge is 2.37. The number of piperidine rings is 2. The summed E-state index contributed by atoms with van der Waals surface area (Å²) in [6.45, 7) is 1.42. The molecule has 1 aromatic rings. The number of hydrogen-bond acceptors (Lipinski definition) is 7. The van der Waals surface area contributed by atoms with Crippen LogP contribution in [0.3, 0.4) is 0 Å². The Balaban J connectivity index is 1.76. The molecular formula is C22H34FN7O3S. The van der Waals surface area contributed by atoms with Crippen molar-refractivity contribution in [3.63, 3.8) is 0 Å². The van der Waals surface area contributed by atoms with Crippen molar-refractivity contribution in [3.8, 4) is 0 Å². The van der Waals surface area contributed by atoms with Crippen molar-refractivity contribution >= 4 is 27.5 Å². The number of carbonyl (C=O) groups excluding carboxylic acids is 1. The van der Waals surface area contributed by atoms with Crippen LogP contribution in [0.5, 0.6) is 0 Å². The maximum absolute atomic E-state index is 14.4. The highest BCUT2D eigenvalue weighted by molar-refractivity contribution is 7.89. The summed E-state index contributed by atoms with van der Waals surface area (Å²) in [4.78, 5) is 16.9. The number of para-hydroxylation sites is 1. The normalized spacial score (nSPS) is 22.4. The molecule has 2 saturated heterocycles. The quantitative estimate of drug-likeness (QED) is 0.329. The Morgan fingerprint density at radius 2 is 1.88 bits per heavy atom. The molecular weight excluding hydrogens is 461 g/mol. The van der Waals surface area contributed by atoms with Gasteiger partial charge in [-0.25, -0.2) is 12.7 Å². The Morgan fingerprint density at radius 1 is 1.21 bits per heavy atom. The molecule has 2 aliphatic heterocycles. The van der Waals surface area contributed by atoms with Crippen LogP contribution in [0.25, 0.3) is 0 Å². The number of amidine groups is 1. The minimum absolute atomic E-state index is 0.117. The second-order valence-corrected chi connectivity index (χ2v) is 10.8. The SMILES string of the molecule is CN/C(N)=C(/F)C(=N)N1CCC[C@@H](N2CCCC(Nc3ccccc3S(=O)(=O)N(C)C)C2=O)C1. The van der Waals surface area contributed by atoms with Crippen LogP contribution in [0.15, 0.2) is 40.8 Å². The minimum Gasteiger partial charge on any atom is -0.383 e. The molecule has 0 saturated carbocycles. The molecule has 0 aliphatic carbocycles. The van der Waals surface area contributed by atoms with E-state index in [0.29, 0.717) is 38.2 Å². The van der Waals surface area contributed by atoms with Crippen molar-refractivity contribution in [1.82, 2.24) is 19.4 Å². The fourth-order valence-electron chi connectivity index (χ4n) is 4.38. The van der Waals surface area contributed by atoms with Gasteiger partial charge in [0.15, 0.2) is 5.84 Å². The maximum atomic E-state index is 14.4. The molecule has 0 radical (unpaired) electrons. The number of carbonyl (C=O) groups is 1. The summed E-state index contributed by atoms with van der Waals surface area (Å²) in [5.41, 5.74) is 5.97. The summed E-state index contributed by atoms with van der Waals surface area (Å²) in [5.74, 6) is -1.42. The summed E-state index contributed by atoms with van der Waals surface area (Å²) in [5, 5.41) is 13.9. The molecule has 0 bridgehead atoms. The van der Waals surface area contributed by atoms with Gasteiger partial charge >= 0.3 is 0 Å². The number of sulfonamides is 1. The molecule has 2 heterocycles. The highest BCUT2D eigenvalue weighted by Crippen LogP contribution is 2.28. The monoisotopic (exact) mass is 495 g/mol. The fourth-order valence-corrected chi connectivity index (χ4v) is 5.43. The van der Waals surface area contributed by atoms with Gasteiger partial charge in [-0.3, -0.25) is 10.2 Å². The first-order valence-electron chi connectivity index (χ1n) is 11.3. The Morgan fingerprint density at radius 3 is 2.56 bits per heavy atom. The predicted molar refractivity (Wildman–Crippen MR) is 129 cm³/mol. The van der Waals surface area contributed by atoms with Crippen LogP contribution in [0.1, 0.15) is 25.7 Å². The van der Waals surface area contributed by atoms with E-state index in [4.69, 9.17) is 11.1 Å². The van der Waals surface area contributed by atoms with Crippen LogP contribution in [-0.4, -0.2) is 87.1 Å². The largest absolute Gasteiger partial charge is 0.383 e. The van der Waals surface area contributed by atoms with E-state index in [9.17, 15) is 17.6 Å². The number of benzene rings is 1. The van der Waals surface area contributed by atoms with Gasteiger partial charge in [0, 0.05) is 46.8 Å². The average molecular weight is 496 g/mol. The van der Waals surface area contributed by atoms with Gasteiger partial charge < -0.3 is 26.2 Å². The van der Waals surface area contributed by atoms with Crippen molar-refractivity contribution in [2.45, 2.75) is 42.7 Å². The van der Waals surface area contributed by atoms with Crippen molar-refractivity contribution < 1.29 is 17.6 Å². The second kappa shape index (κ2) is 10.6. The molecule has 0 spiro atoms. The van der Waals surface area contributed by atoms with Crippen LogP contribution < -0.4 is 16.4 Å². The third kappa shape index (κ3) is 5.27. The summed E-state index contributed by atoms with van der Waals surface area (Å²) in [7, 11) is 0.738. The number of nitrogens with one attached hydrogen (secondary N) is 3. The highest BCUT2D eigenvalue weighted by atomic mass is 32.2. The van der Waals surface area contributed by atoms with Crippen LogP contribution in [0.4, 0.5) is 10.1 Å². The second-order valence-electron chi connectivity index (χ2n) is 8.72. The van der Waals surface area contributed by atoms with Gasteiger partial charge in [-0.15, -0.1) is 0 Å². The van der Waals surface area contributed by atoms with Crippen molar-refractivity contribution in [2.75, 3.05) is 46.1 Å². The summed E-state index contributed by atoms with van der Waals surface area (Å²) in [6, 6.07) is 5.82. The van der Waals surface area contributed by atoms with Crippen molar-refractivity contribution in [1.29, 1.82) is 5.41 Å². The molecule has 12 heteroatoms. The van der Waals surface area contributed by atoms with E-state index in [-0.39, 0.29) is 28.5 Å². The molecule has 2 aliphatic rings. The van der Waals surface area contributed by atoms with Crippen LogP contribution in [-0.2, 0) is 14.8 Å². The number of likely N-dealkylation sites (tertiary alicyclic amines) is 2. The van der Waals surface area contributed by atoms with Crippen LogP contribution in [0.2, 0.25) is 0 Å². The third-order valence-electron chi connectivity index (χ3n) is 6.32. The summed E-state index contributed by atoms with van der Waals surface area (Å²) in [6.07, 6.45) is 2.79. The molecule has 5 N–H and O–H groups in total. The number of amides is 1. The smallest absolute Gasteiger partial charge is 0.245 e. The lowest BCUT2D eigenvalue weighted by atomic mass is 9.97. The van der Waals surface area contributed by atoms with Gasteiger partial charge in [-0.1, -0.05) is 12.1 Å². The maximum Gasteiger partial charge on any atom is 0.245 e. The molecule has 1 unspecified atom stereocenters. The zero-order valence-electron chi connectivity index (χ0n) is 19.8. The zero-order valence-corrected chi connectivity index (χ0v) is 20.7. The summed E-state index contributed by atoms with van der Waals surface area (Å²) < 4.78 is 41.0. The first-order valence-corrected chi connectivity index (χ1v) is 12.8. The third-order valence-corrected chi connectivity index (χ3v) is 8.19. The predicted octanol–water partition coefficient (Wildman–Crippen LogP) is 1.10. The molecule has 3 rings (SSSR count). The molecule has 1 amide bonds. The Labute approximate surface area is 200 Å². The molecule has 2 fully saturated rings. The van der Waals surface area contributed by atoms with Crippen LogP contribution >= 0.6 is 0 Å². The molecule has 1 aromatic carbocycles. The lowest BCUT2D eigenvalue weighted by molar-refractivity contribution is -0.137. The van der Waals surface area contributed by atoms with E-state index in [2.05, 4.69) is 10.6 Å². The Kier molecular flexibility index (Phi) is 8.03. The van der Waals surface area contributed by atoms with E-state index in [1.807, 2.05) is 0 Å². The van der Waals surface area contributed by atoms with Crippen LogP contribution in [0, 0.1) is 5.41 Å². The van der Waals surface area contributed by atoms with Gasteiger partial charge in [-0.05, 0) is 37.8 Å². The number of nitrogens with two attached hydrogens (primary N) is 1. The Hall–Kier alpha value is -2.86. The van der Waals surface area contributed by atoms with Crippen molar-refractivity contribution in [2.24, 2.45) is 5.73 Å². The van der Waals surface area contributed by atoms with E-state index in [1.54, 1.807) is 28.0 Å². The number of nitrogens with zero attached hydrogens (tertiary/aromatic N) is 3. The molecule has 188 valence electrons. The fraction of sp³-hybridized carbons (Fsp3) is 0.545. The number of anilines is 1. The molecule has 34 heavy (non-hydrogen) atoms. The van der Waals surface area contributed by atoms with Gasteiger partial charge in [0.2, 0.25) is 21.8 Å². The van der Waals surface area contributed by atoms with E-state index < -0.39 is 21.9 Å². The minimum atomic E-state index is -3.68. The summed E-state index contributed by atoms with van der Waals surface area (Å²) >= 11 is 0. The molecule has 10 nitrogen and oxygen atoms in total. The van der Waals surface area contributed by atoms with E-state index >= 15 is 0 Å². The van der Waals surface area contributed by atoms with E-state index in [1.165, 1.54) is 27.2 Å². The number of halogens is 1. The van der Waals surface area contributed by atoms with Gasteiger partial charge in [-0.2, -0.15) is 4.39 Å². The van der Waals surface area contributed by atoms with Crippen molar-refractivity contribution in [3.05, 3.63) is 35.9 Å². The molecule has 0 aromatic heterocycles.